The summed E-state index contributed by atoms with van der Waals surface area (Å²) in [5, 5.41) is 7.84. The van der Waals surface area contributed by atoms with Gasteiger partial charge in [0.1, 0.15) is 11.4 Å². The van der Waals surface area contributed by atoms with Gasteiger partial charge in [-0.25, -0.2) is 18.0 Å². The maximum absolute atomic E-state index is 12.5. The molecule has 0 spiro atoms. The highest BCUT2D eigenvalue weighted by molar-refractivity contribution is 7.91. The van der Waals surface area contributed by atoms with E-state index in [1.54, 1.807) is 13.1 Å². The summed E-state index contributed by atoms with van der Waals surface area (Å²) < 4.78 is 31.6. The van der Waals surface area contributed by atoms with Crippen molar-refractivity contribution in [3.05, 3.63) is 59.2 Å². The first-order chi connectivity index (χ1) is 13.4. The maximum atomic E-state index is 12.5. The molecule has 2 heterocycles. The molecule has 0 aliphatic heterocycles. The largest absolute Gasteiger partial charge is 0.317 e. The number of imidazole rings is 1. The molecule has 0 amide bonds. The summed E-state index contributed by atoms with van der Waals surface area (Å²) in [5.74, 6) is 0.0223. The summed E-state index contributed by atoms with van der Waals surface area (Å²) in [6.45, 7) is 5.11. The van der Waals surface area contributed by atoms with E-state index in [2.05, 4.69) is 15.3 Å². The van der Waals surface area contributed by atoms with Crippen LogP contribution < -0.4 is 0 Å². The third-order valence-corrected chi connectivity index (χ3v) is 6.27. The molecule has 0 aliphatic carbocycles. The van der Waals surface area contributed by atoms with Gasteiger partial charge in [-0.15, -0.1) is 0 Å². The highest BCUT2D eigenvalue weighted by atomic mass is 32.2. The van der Waals surface area contributed by atoms with Gasteiger partial charge in [-0.05, 0) is 26.0 Å². The molecule has 0 bridgehead atoms. The summed E-state index contributed by atoms with van der Waals surface area (Å²) in [6.07, 6.45) is 2.38. The summed E-state index contributed by atoms with van der Waals surface area (Å²) in [7, 11) is -1.47. The second-order valence-corrected chi connectivity index (χ2v) is 8.96. The number of aromatic nitrogens is 4. The second-order valence-electron chi connectivity index (χ2n) is 6.79. The lowest BCUT2D eigenvalue weighted by atomic mass is 10.1. The first kappa shape index (κ1) is 20.2. The molecule has 1 aromatic carbocycles. The standard InChI is InChI=1S/C19H25N5O3S/c1-4-28(25,26)19-20-12-17(13-23(3)14-18-15(2)21-27-22-18)24(19)11-10-16-8-6-5-7-9-16/h5-9,12H,4,10-11,13-14H2,1-3H3. The Bertz CT molecular complexity index is 1010. The minimum absolute atomic E-state index is 0.0223. The van der Waals surface area contributed by atoms with Crippen molar-refractivity contribution in [1.29, 1.82) is 0 Å². The Labute approximate surface area is 165 Å². The molecule has 0 saturated heterocycles. The minimum atomic E-state index is -3.41. The van der Waals surface area contributed by atoms with Crippen LogP contribution in [0.1, 0.15) is 29.6 Å². The SMILES string of the molecule is CCS(=O)(=O)c1ncc(CN(C)Cc2nonc2C)n1CCc1ccccc1. The Morgan fingerprint density at radius 3 is 2.54 bits per heavy atom. The van der Waals surface area contributed by atoms with Gasteiger partial charge in [0.05, 0.1) is 17.6 Å². The molecule has 150 valence electrons. The van der Waals surface area contributed by atoms with E-state index in [0.717, 1.165) is 29.1 Å². The highest BCUT2D eigenvalue weighted by Crippen LogP contribution is 2.17. The molecular weight excluding hydrogens is 378 g/mol. The lowest BCUT2D eigenvalue weighted by molar-refractivity contribution is 0.275. The Morgan fingerprint density at radius 2 is 1.89 bits per heavy atom. The molecular formula is C19H25N5O3S. The Morgan fingerprint density at radius 1 is 1.14 bits per heavy atom. The molecule has 0 atom stereocenters. The van der Waals surface area contributed by atoms with E-state index in [9.17, 15) is 8.42 Å². The maximum Gasteiger partial charge on any atom is 0.227 e. The van der Waals surface area contributed by atoms with E-state index in [0.29, 0.717) is 19.6 Å². The molecule has 8 nitrogen and oxygen atoms in total. The summed E-state index contributed by atoms with van der Waals surface area (Å²) in [6, 6.07) is 10.0. The van der Waals surface area contributed by atoms with Crippen LogP contribution in [0.15, 0.2) is 46.3 Å². The van der Waals surface area contributed by atoms with Gasteiger partial charge >= 0.3 is 0 Å². The predicted molar refractivity (Wildman–Crippen MR) is 104 cm³/mol. The summed E-state index contributed by atoms with van der Waals surface area (Å²) in [5.41, 5.74) is 3.51. The van der Waals surface area contributed by atoms with Crippen LogP contribution in [-0.2, 0) is 35.9 Å². The van der Waals surface area contributed by atoms with Crippen LogP contribution in [0.4, 0.5) is 0 Å². The lowest BCUT2D eigenvalue weighted by Crippen LogP contribution is -2.22. The third kappa shape index (κ3) is 4.66. The zero-order valence-electron chi connectivity index (χ0n) is 16.4. The van der Waals surface area contributed by atoms with Crippen LogP contribution in [0, 0.1) is 6.92 Å². The van der Waals surface area contributed by atoms with Crippen LogP contribution in [0.25, 0.3) is 0 Å². The molecule has 0 N–H and O–H groups in total. The van der Waals surface area contributed by atoms with Gasteiger partial charge in [0.2, 0.25) is 15.0 Å². The fourth-order valence-electron chi connectivity index (χ4n) is 3.00. The molecule has 0 fully saturated rings. The zero-order valence-corrected chi connectivity index (χ0v) is 17.2. The average molecular weight is 404 g/mol. The highest BCUT2D eigenvalue weighted by Gasteiger charge is 2.22. The van der Waals surface area contributed by atoms with E-state index in [4.69, 9.17) is 4.63 Å². The van der Waals surface area contributed by atoms with Crippen LogP contribution in [-0.4, -0.2) is 46.0 Å². The van der Waals surface area contributed by atoms with Crippen molar-refractivity contribution in [3.63, 3.8) is 0 Å². The quantitative estimate of drug-likeness (QED) is 0.541. The first-order valence-corrected chi connectivity index (χ1v) is 10.8. The molecule has 0 saturated carbocycles. The molecule has 28 heavy (non-hydrogen) atoms. The van der Waals surface area contributed by atoms with Gasteiger partial charge in [-0.3, -0.25) is 4.90 Å². The van der Waals surface area contributed by atoms with Gasteiger partial charge in [0.15, 0.2) is 0 Å². The van der Waals surface area contributed by atoms with E-state index in [-0.39, 0.29) is 10.9 Å². The van der Waals surface area contributed by atoms with Crippen LogP contribution in [0.3, 0.4) is 0 Å². The fourth-order valence-corrected chi connectivity index (χ4v) is 4.02. The number of sulfone groups is 1. The van der Waals surface area contributed by atoms with Crippen molar-refractivity contribution < 1.29 is 13.0 Å². The number of nitrogens with zero attached hydrogens (tertiary/aromatic N) is 5. The van der Waals surface area contributed by atoms with E-state index in [1.807, 2.05) is 53.8 Å². The average Bonchev–Trinajstić information content (AvgIpc) is 3.27. The molecule has 0 unspecified atom stereocenters. The zero-order chi connectivity index (χ0) is 20.1. The van der Waals surface area contributed by atoms with Gasteiger partial charge < -0.3 is 4.57 Å². The number of hydrogen-bond donors (Lipinski definition) is 0. The molecule has 3 aromatic rings. The smallest absolute Gasteiger partial charge is 0.227 e. The van der Waals surface area contributed by atoms with Crippen LogP contribution in [0.2, 0.25) is 0 Å². The van der Waals surface area contributed by atoms with Crippen LogP contribution >= 0.6 is 0 Å². The molecule has 0 aliphatic rings. The van der Waals surface area contributed by atoms with Crippen molar-refractivity contribution in [2.45, 2.75) is 45.1 Å². The fraction of sp³-hybridized carbons (Fsp3) is 0.421. The second kappa shape index (κ2) is 8.66. The molecule has 2 aromatic heterocycles. The van der Waals surface area contributed by atoms with Gasteiger partial charge in [-0.1, -0.05) is 47.6 Å². The predicted octanol–water partition coefficient (Wildman–Crippen LogP) is 2.24. The van der Waals surface area contributed by atoms with Crippen LogP contribution in [0.5, 0.6) is 0 Å². The van der Waals surface area contributed by atoms with Gasteiger partial charge in [0, 0.05) is 19.6 Å². The van der Waals surface area contributed by atoms with Crippen molar-refractivity contribution in [2.75, 3.05) is 12.8 Å². The number of rotatable bonds is 9. The van der Waals surface area contributed by atoms with Crippen molar-refractivity contribution in [2.24, 2.45) is 0 Å². The van der Waals surface area contributed by atoms with Crippen molar-refractivity contribution in [3.8, 4) is 0 Å². The number of hydrogen-bond acceptors (Lipinski definition) is 7. The molecule has 9 heteroatoms. The minimum Gasteiger partial charge on any atom is -0.317 e. The van der Waals surface area contributed by atoms with Crippen molar-refractivity contribution >= 4 is 9.84 Å². The Hall–Kier alpha value is -2.52. The lowest BCUT2D eigenvalue weighted by Gasteiger charge is -2.18. The van der Waals surface area contributed by atoms with E-state index < -0.39 is 9.84 Å². The monoisotopic (exact) mass is 403 g/mol. The normalized spacial score (nSPS) is 12.0. The van der Waals surface area contributed by atoms with Crippen molar-refractivity contribution in [1.82, 2.24) is 24.8 Å². The first-order valence-electron chi connectivity index (χ1n) is 9.18. The summed E-state index contributed by atoms with van der Waals surface area (Å²) >= 11 is 0. The summed E-state index contributed by atoms with van der Waals surface area (Å²) in [4.78, 5) is 6.27. The third-order valence-electron chi connectivity index (χ3n) is 4.62. The van der Waals surface area contributed by atoms with E-state index in [1.165, 1.54) is 0 Å². The topological polar surface area (TPSA) is 94.1 Å². The molecule has 0 radical (unpaired) electrons. The number of benzene rings is 1. The Balaban J connectivity index is 1.82. The van der Waals surface area contributed by atoms with E-state index >= 15 is 0 Å². The van der Waals surface area contributed by atoms with Gasteiger partial charge in [-0.2, -0.15) is 0 Å². The number of aryl methyl sites for hydroxylation is 2. The molecule has 3 rings (SSSR count). The Kier molecular flexibility index (Phi) is 6.25. The van der Waals surface area contributed by atoms with Gasteiger partial charge in [0.25, 0.3) is 0 Å².